The molecule has 1 heterocycles. The highest BCUT2D eigenvalue weighted by Gasteiger charge is 2.11. The molecular formula is C15H21N. The minimum atomic E-state index is 1.25. The molecule has 1 nitrogen and oxygen atoms in total. The van der Waals surface area contributed by atoms with E-state index < -0.39 is 0 Å². The summed E-state index contributed by atoms with van der Waals surface area (Å²) in [5.74, 6) is 0. The molecule has 0 saturated carbocycles. The standard InChI is InChI=1S/C15H21N/c1-6-8-14-12(3)10-11-13(4)15(9-7-2)16(14)5/h6-11H,1-5H3/b8-6-,9-7-. The molecule has 0 aliphatic carbocycles. The summed E-state index contributed by atoms with van der Waals surface area (Å²) in [4.78, 5) is 2.24. The van der Waals surface area contributed by atoms with Crippen LogP contribution in [0, 0.1) is 0 Å². The predicted molar refractivity (Wildman–Crippen MR) is 71.9 cm³/mol. The van der Waals surface area contributed by atoms with E-state index in [1.54, 1.807) is 0 Å². The van der Waals surface area contributed by atoms with E-state index in [-0.39, 0.29) is 0 Å². The highest BCUT2D eigenvalue weighted by Crippen LogP contribution is 2.24. The van der Waals surface area contributed by atoms with E-state index in [4.69, 9.17) is 0 Å². The summed E-state index contributed by atoms with van der Waals surface area (Å²) in [5.41, 5.74) is 5.09. The molecule has 1 rings (SSSR count). The number of hydrogen-bond donors (Lipinski definition) is 0. The highest BCUT2D eigenvalue weighted by atomic mass is 15.1. The minimum Gasteiger partial charge on any atom is -0.344 e. The van der Waals surface area contributed by atoms with Crippen LogP contribution in [0.25, 0.3) is 0 Å². The summed E-state index contributed by atoms with van der Waals surface area (Å²) in [6.07, 6.45) is 12.8. The summed E-state index contributed by atoms with van der Waals surface area (Å²) in [5, 5.41) is 0. The molecule has 0 aromatic rings. The van der Waals surface area contributed by atoms with E-state index in [2.05, 4.69) is 76.1 Å². The fourth-order valence-electron chi connectivity index (χ4n) is 1.88. The van der Waals surface area contributed by atoms with Crippen molar-refractivity contribution >= 4 is 0 Å². The summed E-state index contributed by atoms with van der Waals surface area (Å²) in [6, 6.07) is 0. The molecule has 0 saturated heterocycles. The van der Waals surface area contributed by atoms with Crippen LogP contribution < -0.4 is 0 Å². The van der Waals surface area contributed by atoms with Crippen molar-refractivity contribution in [2.24, 2.45) is 0 Å². The topological polar surface area (TPSA) is 3.24 Å². The SMILES string of the molecule is C/C=C\C1=C(C)C=CC(C)=C(/C=C\C)N1C. The second-order valence-corrected chi connectivity index (χ2v) is 4.03. The summed E-state index contributed by atoms with van der Waals surface area (Å²) in [6.45, 7) is 8.39. The van der Waals surface area contributed by atoms with Crippen molar-refractivity contribution in [2.45, 2.75) is 27.7 Å². The van der Waals surface area contributed by atoms with E-state index in [1.807, 2.05) is 0 Å². The number of hydrogen-bond acceptors (Lipinski definition) is 1. The summed E-state index contributed by atoms with van der Waals surface area (Å²) in [7, 11) is 2.12. The predicted octanol–water partition coefficient (Wildman–Crippen LogP) is 4.19. The van der Waals surface area contributed by atoms with E-state index >= 15 is 0 Å². The average Bonchev–Trinajstić information content (AvgIpc) is 2.36. The maximum atomic E-state index is 2.24. The van der Waals surface area contributed by atoms with Crippen molar-refractivity contribution in [3.05, 3.63) is 59.0 Å². The number of allylic oxidation sites excluding steroid dienone is 8. The fraction of sp³-hybridized carbons (Fsp3) is 0.333. The molecule has 0 atom stereocenters. The fourth-order valence-corrected chi connectivity index (χ4v) is 1.88. The third-order valence-electron chi connectivity index (χ3n) is 2.76. The molecule has 0 aromatic heterocycles. The molecule has 0 fully saturated rings. The van der Waals surface area contributed by atoms with Crippen LogP contribution in [-0.4, -0.2) is 11.9 Å². The van der Waals surface area contributed by atoms with Crippen molar-refractivity contribution in [1.29, 1.82) is 0 Å². The van der Waals surface area contributed by atoms with Gasteiger partial charge < -0.3 is 4.90 Å². The van der Waals surface area contributed by atoms with Crippen LogP contribution in [0.3, 0.4) is 0 Å². The van der Waals surface area contributed by atoms with Gasteiger partial charge in [-0.1, -0.05) is 24.3 Å². The van der Waals surface area contributed by atoms with E-state index in [0.29, 0.717) is 0 Å². The van der Waals surface area contributed by atoms with Crippen LogP contribution in [0.15, 0.2) is 59.0 Å². The molecule has 16 heavy (non-hydrogen) atoms. The van der Waals surface area contributed by atoms with Crippen LogP contribution in [0.1, 0.15) is 27.7 Å². The van der Waals surface area contributed by atoms with Gasteiger partial charge in [-0.05, 0) is 51.0 Å². The molecule has 0 aromatic carbocycles. The number of likely N-dealkylation sites (N-methyl/N-ethyl adjacent to an activating group) is 1. The molecule has 86 valence electrons. The monoisotopic (exact) mass is 215 g/mol. The Balaban J connectivity index is 3.28. The van der Waals surface area contributed by atoms with E-state index in [0.717, 1.165) is 0 Å². The van der Waals surface area contributed by atoms with Gasteiger partial charge in [0.15, 0.2) is 0 Å². The Kier molecular flexibility index (Phi) is 4.36. The lowest BCUT2D eigenvalue weighted by Crippen LogP contribution is -2.16. The summed E-state index contributed by atoms with van der Waals surface area (Å²) >= 11 is 0. The lowest BCUT2D eigenvalue weighted by molar-refractivity contribution is 0.546. The van der Waals surface area contributed by atoms with Gasteiger partial charge in [-0.25, -0.2) is 0 Å². The van der Waals surface area contributed by atoms with Crippen LogP contribution in [-0.2, 0) is 0 Å². The lowest BCUT2D eigenvalue weighted by Gasteiger charge is -2.23. The Morgan fingerprint density at radius 1 is 0.875 bits per heavy atom. The van der Waals surface area contributed by atoms with Crippen molar-refractivity contribution in [2.75, 3.05) is 7.05 Å². The van der Waals surface area contributed by atoms with Gasteiger partial charge in [-0.3, -0.25) is 0 Å². The van der Waals surface area contributed by atoms with Crippen molar-refractivity contribution in [3.63, 3.8) is 0 Å². The maximum absolute atomic E-state index is 2.24. The first kappa shape index (κ1) is 12.6. The van der Waals surface area contributed by atoms with E-state index in [1.165, 1.54) is 22.5 Å². The average molecular weight is 215 g/mol. The molecule has 0 radical (unpaired) electrons. The van der Waals surface area contributed by atoms with Crippen molar-refractivity contribution in [3.8, 4) is 0 Å². The Labute approximate surface area is 99.2 Å². The molecule has 1 aliphatic rings. The normalized spacial score (nSPS) is 18.2. The van der Waals surface area contributed by atoms with Gasteiger partial charge in [0.1, 0.15) is 0 Å². The molecule has 1 heteroatoms. The molecule has 0 unspecified atom stereocenters. The Hall–Kier alpha value is -1.50. The van der Waals surface area contributed by atoms with E-state index in [9.17, 15) is 0 Å². The van der Waals surface area contributed by atoms with Crippen LogP contribution in [0.4, 0.5) is 0 Å². The van der Waals surface area contributed by atoms with Gasteiger partial charge in [-0.15, -0.1) is 0 Å². The Morgan fingerprint density at radius 2 is 1.25 bits per heavy atom. The van der Waals surface area contributed by atoms with Crippen LogP contribution >= 0.6 is 0 Å². The summed E-state index contributed by atoms with van der Waals surface area (Å²) < 4.78 is 0. The van der Waals surface area contributed by atoms with Crippen LogP contribution in [0.5, 0.6) is 0 Å². The Morgan fingerprint density at radius 3 is 1.56 bits per heavy atom. The number of nitrogens with zero attached hydrogens (tertiary/aromatic N) is 1. The van der Waals surface area contributed by atoms with Crippen molar-refractivity contribution < 1.29 is 0 Å². The van der Waals surface area contributed by atoms with Gasteiger partial charge in [0.2, 0.25) is 0 Å². The zero-order valence-corrected chi connectivity index (χ0v) is 10.9. The Bertz CT molecular complexity index is 365. The third kappa shape index (κ3) is 2.54. The third-order valence-corrected chi connectivity index (χ3v) is 2.76. The lowest BCUT2D eigenvalue weighted by atomic mass is 10.2. The zero-order chi connectivity index (χ0) is 12.1. The smallest absolute Gasteiger partial charge is 0.0434 e. The first-order chi connectivity index (χ1) is 7.61. The van der Waals surface area contributed by atoms with Gasteiger partial charge in [0, 0.05) is 18.4 Å². The molecule has 0 N–H and O–H groups in total. The van der Waals surface area contributed by atoms with Crippen LogP contribution in [0.2, 0.25) is 0 Å². The highest BCUT2D eigenvalue weighted by molar-refractivity contribution is 5.44. The maximum Gasteiger partial charge on any atom is 0.0434 e. The van der Waals surface area contributed by atoms with Gasteiger partial charge in [0.25, 0.3) is 0 Å². The first-order valence-corrected chi connectivity index (χ1v) is 5.70. The molecule has 0 amide bonds. The quantitative estimate of drug-likeness (QED) is 0.667. The zero-order valence-electron chi connectivity index (χ0n) is 10.9. The molecular weight excluding hydrogens is 194 g/mol. The van der Waals surface area contributed by atoms with Gasteiger partial charge >= 0.3 is 0 Å². The molecule has 1 aliphatic heterocycles. The second-order valence-electron chi connectivity index (χ2n) is 4.03. The minimum absolute atomic E-state index is 1.25. The largest absolute Gasteiger partial charge is 0.344 e. The molecule has 0 bridgehead atoms. The van der Waals surface area contributed by atoms with Crippen molar-refractivity contribution in [1.82, 2.24) is 4.90 Å². The second kappa shape index (κ2) is 5.55. The first-order valence-electron chi connectivity index (χ1n) is 5.70. The number of rotatable bonds is 2. The van der Waals surface area contributed by atoms with Gasteiger partial charge in [-0.2, -0.15) is 0 Å². The van der Waals surface area contributed by atoms with Gasteiger partial charge in [0.05, 0.1) is 0 Å². The molecule has 0 spiro atoms.